The highest BCUT2D eigenvalue weighted by Gasteiger charge is 2.59. The van der Waals surface area contributed by atoms with Crippen molar-refractivity contribution in [2.75, 3.05) is 5.75 Å². The molecule has 0 aliphatic heterocycles. The molecule has 0 radical (unpaired) electrons. The van der Waals surface area contributed by atoms with Crippen LogP contribution in [0.4, 0.5) is 0 Å². The van der Waals surface area contributed by atoms with Gasteiger partial charge in [0.15, 0.2) is 5.78 Å². The van der Waals surface area contributed by atoms with E-state index >= 15 is 0 Å². The van der Waals surface area contributed by atoms with E-state index < -0.39 is 6.10 Å². The van der Waals surface area contributed by atoms with Crippen LogP contribution >= 0.6 is 12.6 Å². The predicted octanol–water partition coefficient (Wildman–Crippen LogP) is 4.43. The van der Waals surface area contributed by atoms with Gasteiger partial charge in [-0.2, -0.15) is 12.6 Å². The van der Waals surface area contributed by atoms with Gasteiger partial charge in [0.25, 0.3) is 0 Å². The zero-order chi connectivity index (χ0) is 17.1. The van der Waals surface area contributed by atoms with Gasteiger partial charge in [-0.05, 0) is 80.1 Å². The maximum absolute atomic E-state index is 12.0. The van der Waals surface area contributed by atoms with Gasteiger partial charge in [0, 0.05) is 11.2 Å². The number of thiol groups is 1. The van der Waals surface area contributed by atoms with Crippen LogP contribution in [0.25, 0.3) is 0 Å². The Balaban J connectivity index is 1.69. The second kappa shape index (κ2) is 5.87. The fourth-order valence-electron chi connectivity index (χ4n) is 7.20. The molecule has 0 heterocycles. The summed E-state index contributed by atoms with van der Waals surface area (Å²) >= 11 is 4.75. The molecule has 3 saturated carbocycles. The minimum atomic E-state index is -0.806. The second-order valence-corrected chi connectivity index (χ2v) is 9.74. The largest absolute Gasteiger partial charge is 0.385 e. The third kappa shape index (κ3) is 2.30. The van der Waals surface area contributed by atoms with E-state index in [1.54, 1.807) is 6.08 Å². The average Bonchev–Trinajstić information content (AvgIpc) is 2.92. The summed E-state index contributed by atoms with van der Waals surface area (Å²) in [4.78, 5) is 12.0. The quantitative estimate of drug-likeness (QED) is 0.725. The summed E-state index contributed by atoms with van der Waals surface area (Å²) in [5, 5.41) is 10.3. The molecular formula is C21H32O2S. The molecule has 2 nitrogen and oxygen atoms in total. The summed E-state index contributed by atoms with van der Waals surface area (Å²) < 4.78 is 0. The number of rotatable bonds is 2. The molecule has 4 aliphatic rings. The highest BCUT2D eigenvalue weighted by molar-refractivity contribution is 7.80. The van der Waals surface area contributed by atoms with Crippen molar-refractivity contribution in [2.24, 2.45) is 34.5 Å². The molecule has 0 saturated heterocycles. The molecule has 0 amide bonds. The first-order valence-electron chi connectivity index (χ1n) is 9.97. The number of hydrogen-bond donors (Lipinski definition) is 2. The van der Waals surface area contributed by atoms with Crippen molar-refractivity contribution in [3.63, 3.8) is 0 Å². The van der Waals surface area contributed by atoms with Crippen LogP contribution in [-0.4, -0.2) is 22.7 Å². The van der Waals surface area contributed by atoms with Gasteiger partial charge in [0.1, 0.15) is 6.10 Å². The Labute approximate surface area is 151 Å². The number of hydrogen-bond acceptors (Lipinski definition) is 3. The molecule has 0 aromatic heterocycles. The Morgan fingerprint density at radius 3 is 2.79 bits per heavy atom. The Hall–Kier alpha value is -0.280. The minimum absolute atomic E-state index is 0.0228. The monoisotopic (exact) mass is 348 g/mol. The fraction of sp³-hybridized carbons (Fsp3) is 0.857. The predicted molar refractivity (Wildman–Crippen MR) is 100 cm³/mol. The van der Waals surface area contributed by atoms with Crippen LogP contribution in [0, 0.1) is 34.5 Å². The Bertz CT molecular complexity index is 570. The summed E-state index contributed by atoms with van der Waals surface area (Å²) in [7, 11) is 0. The van der Waals surface area contributed by atoms with E-state index in [1.165, 1.54) is 44.1 Å². The Morgan fingerprint density at radius 2 is 2.08 bits per heavy atom. The van der Waals surface area contributed by atoms with E-state index in [2.05, 4.69) is 13.8 Å². The first-order chi connectivity index (χ1) is 11.4. The van der Waals surface area contributed by atoms with E-state index in [9.17, 15) is 9.90 Å². The molecular weight excluding hydrogens is 316 g/mol. The number of carbonyl (C=O) groups excluding carboxylic acids is 1. The van der Waals surface area contributed by atoms with E-state index in [0.717, 1.165) is 29.9 Å². The van der Waals surface area contributed by atoms with Gasteiger partial charge >= 0.3 is 0 Å². The summed E-state index contributed by atoms with van der Waals surface area (Å²) in [6, 6.07) is 0. The van der Waals surface area contributed by atoms with Gasteiger partial charge in [0.2, 0.25) is 0 Å². The van der Waals surface area contributed by atoms with Crippen LogP contribution in [0.1, 0.15) is 65.2 Å². The van der Waals surface area contributed by atoms with Crippen molar-refractivity contribution in [1.82, 2.24) is 0 Å². The lowest BCUT2D eigenvalue weighted by atomic mass is 9.47. The van der Waals surface area contributed by atoms with Gasteiger partial charge in [-0.1, -0.05) is 25.8 Å². The van der Waals surface area contributed by atoms with Gasteiger partial charge in [0.05, 0.1) is 0 Å². The Kier molecular flexibility index (Phi) is 4.20. The molecule has 3 fully saturated rings. The number of fused-ring (bicyclic) bond motifs is 5. The lowest BCUT2D eigenvalue weighted by Gasteiger charge is -2.58. The zero-order valence-electron chi connectivity index (χ0n) is 15.1. The summed E-state index contributed by atoms with van der Waals surface area (Å²) in [5.74, 6) is 3.84. The minimum Gasteiger partial charge on any atom is -0.385 e. The van der Waals surface area contributed by atoms with Crippen molar-refractivity contribution < 1.29 is 9.90 Å². The molecule has 134 valence electrons. The van der Waals surface area contributed by atoms with Crippen molar-refractivity contribution >= 4 is 18.4 Å². The number of ketones is 1. The van der Waals surface area contributed by atoms with Crippen molar-refractivity contribution in [2.45, 2.75) is 71.3 Å². The first kappa shape index (κ1) is 17.1. The maximum atomic E-state index is 12.0. The van der Waals surface area contributed by atoms with Gasteiger partial charge in [-0.15, -0.1) is 0 Å². The normalized spacial score (nSPS) is 50.8. The topological polar surface area (TPSA) is 37.3 Å². The highest BCUT2D eigenvalue weighted by atomic mass is 32.1. The van der Waals surface area contributed by atoms with E-state index in [0.29, 0.717) is 17.8 Å². The molecule has 4 aliphatic carbocycles. The molecule has 7 atom stereocenters. The third-order valence-electron chi connectivity index (χ3n) is 8.46. The zero-order valence-corrected chi connectivity index (χ0v) is 16.0. The SMILES string of the molecule is CCC1C[C@H]2[C@@H]3CCC4=CC(=O)C(O)C[C@]4(CS)[C@@H]3CC[C@]2(C)C1. The molecule has 24 heavy (non-hydrogen) atoms. The van der Waals surface area contributed by atoms with Crippen LogP contribution in [-0.2, 0) is 4.79 Å². The lowest BCUT2D eigenvalue weighted by molar-refractivity contribution is -0.127. The summed E-state index contributed by atoms with van der Waals surface area (Å²) in [5.41, 5.74) is 1.82. The van der Waals surface area contributed by atoms with E-state index in [1.807, 2.05) is 0 Å². The molecule has 0 spiro atoms. The maximum Gasteiger partial charge on any atom is 0.184 e. The standard InChI is InChI=1S/C21H32O2S/c1-3-13-8-17-15-5-4-14-9-18(22)19(23)11-21(14,12-24)16(15)6-7-20(17,2)10-13/h9,13,15-17,19,23-24H,3-8,10-12H2,1-2H3/t13?,15-,16-,17+,19?,20-,21-/m1/s1. The van der Waals surface area contributed by atoms with Gasteiger partial charge < -0.3 is 5.11 Å². The molecule has 4 rings (SSSR count). The summed E-state index contributed by atoms with van der Waals surface area (Å²) in [6.07, 6.45) is 10.6. The molecule has 0 aromatic rings. The number of allylic oxidation sites excluding steroid dienone is 1. The third-order valence-corrected chi connectivity index (χ3v) is 9.02. The lowest BCUT2D eigenvalue weighted by Crippen LogP contribution is -2.53. The van der Waals surface area contributed by atoms with Crippen molar-refractivity contribution in [3.05, 3.63) is 11.6 Å². The first-order valence-corrected chi connectivity index (χ1v) is 10.6. The van der Waals surface area contributed by atoms with Crippen LogP contribution in [0.3, 0.4) is 0 Å². The fourth-order valence-corrected chi connectivity index (χ4v) is 7.77. The van der Waals surface area contributed by atoms with Gasteiger partial charge in [-0.3, -0.25) is 4.79 Å². The van der Waals surface area contributed by atoms with Crippen molar-refractivity contribution in [3.8, 4) is 0 Å². The van der Waals surface area contributed by atoms with Crippen LogP contribution < -0.4 is 0 Å². The van der Waals surface area contributed by atoms with Crippen LogP contribution in [0.15, 0.2) is 11.6 Å². The highest BCUT2D eigenvalue weighted by Crippen LogP contribution is 2.66. The van der Waals surface area contributed by atoms with Crippen molar-refractivity contribution in [1.29, 1.82) is 0 Å². The molecule has 0 bridgehead atoms. The summed E-state index contributed by atoms with van der Waals surface area (Å²) in [6.45, 7) is 4.89. The molecule has 0 aromatic carbocycles. The van der Waals surface area contributed by atoms with Crippen LogP contribution in [0.5, 0.6) is 0 Å². The van der Waals surface area contributed by atoms with E-state index in [-0.39, 0.29) is 11.2 Å². The Morgan fingerprint density at radius 1 is 1.29 bits per heavy atom. The van der Waals surface area contributed by atoms with Crippen LogP contribution in [0.2, 0.25) is 0 Å². The second-order valence-electron chi connectivity index (χ2n) is 9.43. The molecule has 1 N–H and O–H groups in total. The average molecular weight is 349 g/mol. The smallest absolute Gasteiger partial charge is 0.184 e. The number of carbonyl (C=O) groups is 1. The molecule has 2 unspecified atom stereocenters. The van der Waals surface area contributed by atoms with Gasteiger partial charge in [-0.25, -0.2) is 0 Å². The molecule has 3 heteroatoms. The van der Waals surface area contributed by atoms with E-state index in [4.69, 9.17) is 12.6 Å². The number of aliphatic hydroxyl groups excluding tert-OH is 1. The number of aliphatic hydroxyl groups is 1.